The Morgan fingerprint density at radius 3 is 2.20 bits per heavy atom. The van der Waals surface area contributed by atoms with Crippen molar-refractivity contribution < 1.29 is 8.42 Å². The van der Waals surface area contributed by atoms with Crippen LogP contribution in [0.4, 0.5) is 5.69 Å². The first-order valence-electron chi connectivity index (χ1n) is 3.93. The van der Waals surface area contributed by atoms with E-state index in [4.69, 9.17) is 14.2 Å². The highest BCUT2D eigenvalue weighted by molar-refractivity contribution is 8.31. The fourth-order valence-corrected chi connectivity index (χ4v) is 0.876. The van der Waals surface area contributed by atoms with Crippen molar-refractivity contribution in [2.24, 2.45) is 0 Å². The van der Waals surface area contributed by atoms with Crippen LogP contribution < -0.4 is 5.73 Å². The molecule has 3 nitrogen and oxygen atoms in total. The Balaban J connectivity index is 0.000000336. The van der Waals surface area contributed by atoms with Gasteiger partial charge in [-0.05, 0) is 18.1 Å². The molecule has 0 fully saturated rings. The highest BCUT2D eigenvalue weighted by Gasteiger charge is 1.91. The van der Waals surface area contributed by atoms with Crippen LogP contribution >= 0.6 is 21.4 Å². The number of nitrogen functional groups attached to an aromatic ring is 1. The van der Waals surface area contributed by atoms with Gasteiger partial charge in [-0.15, -0.1) is 6.58 Å². The lowest BCUT2D eigenvalue weighted by Gasteiger charge is -1.99. The van der Waals surface area contributed by atoms with Gasteiger partial charge in [-0.2, -0.15) is 8.42 Å². The molecule has 0 aliphatic heterocycles. The van der Waals surface area contributed by atoms with E-state index >= 15 is 0 Å². The molecule has 0 aliphatic rings. The summed E-state index contributed by atoms with van der Waals surface area (Å²) in [6.45, 7) is 3.64. The monoisotopic (exact) mass is 267 g/mol. The second-order valence-corrected chi connectivity index (χ2v) is 6.24. The zero-order chi connectivity index (χ0) is 11.9. The van der Waals surface area contributed by atoms with E-state index in [1.807, 2.05) is 30.3 Å². The largest absolute Gasteiger partial charge is 0.398 e. The molecule has 0 saturated carbocycles. The van der Waals surface area contributed by atoms with Crippen LogP contribution in [0.1, 0.15) is 5.56 Å². The van der Waals surface area contributed by atoms with Crippen LogP contribution in [0.25, 0.3) is 0 Å². The molecular weight excluding hydrogens is 257 g/mol. The minimum atomic E-state index is -3.72. The van der Waals surface area contributed by atoms with Crippen LogP contribution in [-0.4, -0.2) is 8.42 Å². The molecule has 15 heavy (non-hydrogen) atoms. The van der Waals surface area contributed by atoms with Crippen molar-refractivity contribution in [1.82, 2.24) is 0 Å². The molecule has 0 unspecified atom stereocenters. The van der Waals surface area contributed by atoms with Crippen molar-refractivity contribution in [1.29, 1.82) is 0 Å². The van der Waals surface area contributed by atoms with Gasteiger partial charge in [-0.25, -0.2) is 0 Å². The summed E-state index contributed by atoms with van der Waals surface area (Å²) >= 11 is 0. The third-order valence-corrected chi connectivity index (χ3v) is 1.42. The summed E-state index contributed by atoms with van der Waals surface area (Å²) in [7, 11) is 4.81. The van der Waals surface area contributed by atoms with E-state index in [0.29, 0.717) is 0 Å². The maximum Gasteiger partial charge on any atom is 0.317 e. The summed E-state index contributed by atoms with van der Waals surface area (Å²) in [5, 5.41) is 0. The molecule has 84 valence electrons. The molecule has 0 amide bonds. The summed E-state index contributed by atoms with van der Waals surface area (Å²) in [6, 6.07) is 7.83. The van der Waals surface area contributed by atoms with Gasteiger partial charge in [0, 0.05) is 27.1 Å². The molecule has 0 saturated heterocycles. The van der Waals surface area contributed by atoms with Crippen LogP contribution in [0.3, 0.4) is 0 Å². The van der Waals surface area contributed by atoms with Gasteiger partial charge in [0.05, 0.1) is 0 Å². The fourth-order valence-electron chi connectivity index (χ4n) is 0.876. The van der Waals surface area contributed by atoms with Gasteiger partial charge in [0.1, 0.15) is 0 Å². The lowest BCUT2D eigenvalue weighted by atomic mass is 10.1. The molecule has 0 atom stereocenters. The highest BCUT2D eigenvalue weighted by Crippen LogP contribution is 2.10. The number of nitrogens with two attached hydrogens (primary N) is 1. The summed E-state index contributed by atoms with van der Waals surface area (Å²) in [5.74, 6) is 0. The number of allylic oxidation sites excluding steroid dienone is 1. The first-order valence-corrected chi connectivity index (χ1v) is 7.06. The summed E-state index contributed by atoms with van der Waals surface area (Å²) < 4.78 is 18.3. The van der Waals surface area contributed by atoms with E-state index in [9.17, 15) is 0 Å². The second kappa shape index (κ2) is 6.71. The van der Waals surface area contributed by atoms with Gasteiger partial charge in [-0.3, -0.25) is 0 Å². The molecule has 1 aromatic carbocycles. The second-order valence-electron chi connectivity index (χ2n) is 2.57. The topological polar surface area (TPSA) is 60.2 Å². The van der Waals surface area contributed by atoms with E-state index in [0.717, 1.165) is 17.7 Å². The summed E-state index contributed by atoms with van der Waals surface area (Å²) in [6.07, 6.45) is 2.71. The lowest BCUT2D eigenvalue weighted by Crippen LogP contribution is -1.90. The molecule has 0 aromatic heterocycles. The van der Waals surface area contributed by atoms with E-state index < -0.39 is 8.26 Å². The van der Waals surface area contributed by atoms with Crippen molar-refractivity contribution in [2.45, 2.75) is 6.42 Å². The summed E-state index contributed by atoms with van der Waals surface area (Å²) in [4.78, 5) is 0. The lowest BCUT2D eigenvalue weighted by molar-refractivity contribution is 0.621. The van der Waals surface area contributed by atoms with Crippen molar-refractivity contribution in [3.05, 3.63) is 42.5 Å². The molecule has 0 radical (unpaired) electrons. The van der Waals surface area contributed by atoms with Crippen molar-refractivity contribution in [3.63, 3.8) is 0 Å². The molecule has 0 spiro atoms. The molecule has 6 heteroatoms. The standard InChI is InChI=1S/C9H11N.Cl2O2S/c1-2-5-8-6-3-4-7-9(8)10;1-5(2,3)4/h2-4,6-7H,1,5,10H2;. The number of halogens is 2. The predicted molar refractivity (Wildman–Crippen MR) is 65.4 cm³/mol. The highest BCUT2D eigenvalue weighted by atomic mass is 36.0. The Kier molecular flexibility index (Phi) is 6.40. The third-order valence-electron chi connectivity index (χ3n) is 1.42. The van der Waals surface area contributed by atoms with Gasteiger partial charge in [0.2, 0.25) is 0 Å². The summed E-state index contributed by atoms with van der Waals surface area (Å²) in [5.41, 5.74) is 7.66. The van der Waals surface area contributed by atoms with Crippen LogP contribution in [-0.2, 0) is 14.7 Å². The SMILES string of the molecule is C=CCc1ccccc1N.O=S(=O)(Cl)Cl. The number of para-hydroxylation sites is 1. The normalized spacial score (nSPS) is 10.0. The number of hydrogen-bond acceptors (Lipinski definition) is 3. The number of hydrogen-bond donors (Lipinski definition) is 1. The van der Waals surface area contributed by atoms with Crippen molar-refractivity contribution in [3.8, 4) is 0 Å². The molecule has 1 rings (SSSR count). The smallest absolute Gasteiger partial charge is 0.317 e. The Bertz CT molecular complexity index is 410. The molecular formula is C9H11Cl2NO2S. The van der Waals surface area contributed by atoms with Crippen LogP contribution in [0, 0.1) is 0 Å². The van der Waals surface area contributed by atoms with Gasteiger partial charge in [0.25, 0.3) is 0 Å². The van der Waals surface area contributed by atoms with Gasteiger partial charge >= 0.3 is 8.26 Å². The van der Waals surface area contributed by atoms with E-state index in [1.54, 1.807) is 0 Å². The minimum Gasteiger partial charge on any atom is -0.398 e. The van der Waals surface area contributed by atoms with Crippen molar-refractivity contribution >= 4 is 35.3 Å². The Labute approximate surface area is 98.4 Å². The maximum absolute atomic E-state index is 9.16. The number of anilines is 1. The van der Waals surface area contributed by atoms with E-state index in [-0.39, 0.29) is 0 Å². The average Bonchev–Trinajstić information content (AvgIpc) is 2.06. The Hall–Kier alpha value is -0.710. The zero-order valence-electron chi connectivity index (χ0n) is 7.86. The molecule has 2 N–H and O–H groups in total. The predicted octanol–water partition coefficient (Wildman–Crippen LogP) is 2.71. The van der Waals surface area contributed by atoms with Gasteiger partial charge in [-0.1, -0.05) is 24.3 Å². The van der Waals surface area contributed by atoms with Crippen molar-refractivity contribution in [2.75, 3.05) is 5.73 Å². The van der Waals surface area contributed by atoms with E-state index in [2.05, 4.69) is 27.9 Å². The molecule has 0 heterocycles. The van der Waals surface area contributed by atoms with Crippen LogP contribution in [0.5, 0.6) is 0 Å². The Morgan fingerprint density at radius 1 is 1.33 bits per heavy atom. The Morgan fingerprint density at radius 2 is 1.80 bits per heavy atom. The van der Waals surface area contributed by atoms with Gasteiger partial charge < -0.3 is 5.73 Å². The zero-order valence-corrected chi connectivity index (χ0v) is 10.2. The number of rotatable bonds is 2. The van der Waals surface area contributed by atoms with Crippen LogP contribution in [0.15, 0.2) is 36.9 Å². The van der Waals surface area contributed by atoms with Gasteiger partial charge in [0.15, 0.2) is 0 Å². The first-order chi connectivity index (χ1) is 6.84. The minimum absolute atomic E-state index is 0.849. The maximum atomic E-state index is 9.16. The first kappa shape index (κ1) is 14.3. The third kappa shape index (κ3) is 9.59. The molecule has 0 aliphatic carbocycles. The number of benzene rings is 1. The molecule has 0 bridgehead atoms. The van der Waals surface area contributed by atoms with Crippen LogP contribution in [0.2, 0.25) is 0 Å². The quantitative estimate of drug-likeness (QED) is 0.509. The average molecular weight is 268 g/mol. The van der Waals surface area contributed by atoms with E-state index in [1.165, 1.54) is 0 Å². The fraction of sp³-hybridized carbons (Fsp3) is 0.111. The molecule has 1 aromatic rings.